The SMILES string of the molecule is CNC(=O)C(=NOC)c1ccccc1COc1ncc(C(O)(COS(=O)(=O)c2ccc(C)cc2)c2ccccc2)cc1Cl. The second-order valence-corrected chi connectivity index (χ2v) is 11.4. The van der Waals surface area contributed by atoms with Crippen LogP contribution in [0, 0.1) is 6.92 Å². The van der Waals surface area contributed by atoms with Gasteiger partial charge in [0.05, 0.1) is 4.90 Å². The number of likely N-dealkylation sites (N-methyl/N-ethyl adjacent to an activating group) is 1. The van der Waals surface area contributed by atoms with Crippen LogP contribution in [0.4, 0.5) is 0 Å². The third-order valence-corrected chi connectivity index (χ3v) is 8.08. The Hall–Kier alpha value is -4.29. The van der Waals surface area contributed by atoms with Crippen molar-refractivity contribution in [2.24, 2.45) is 5.16 Å². The predicted octanol–water partition coefficient (Wildman–Crippen LogP) is 4.36. The number of aryl methyl sites for hydroxylation is 1. The van der Waals surface area contributed by atoms with Gasteiger partial charge in [-0.25, -0.2) is 4.98 Å². The summed E-state index contributed by atoms with van der Waals surface area (Å²) in [5.74, 6) is -0.393. The summed E-state index contributed by atoms with van der Waals surface area (Å²) in [6.07, 6.45) is 1.34. The zero-order chi connectivity index (χ0) is 31.0. The molecule has 0 fully saturated rings. The smallest absolute Gasteiger partial charge is 0.297 e. The highest BCUT2D eigenvalue weighted by Crippen LogP contribution is 2.35. The van der Waals surface area contributed by atoms with Crippen LogP contribution >= 0.6 is 11.6 Å². The molecule has 0 aliphatic carbocycles. The first-order chi connectivity index (χ1) is 20.6. The van der Waals surface area contributed by atoms with Gasteiger partial charge in [0.1, 0.15) is 30.9 Å². The molecule has 0 aliphatic heterocycles. The largest absolute Gasteiger partial charge is 0.472 e. The third-order valence-electron chi connectivity index (χ3n) is 6.53. The van der Waals surface area contributed by atoms with Crippen molar-refractivity contribution >= 4 is 33.3 Å². The molecule has 10 nitrogen and oxygen atoms in total. The Balaban J connectivity index is 1.61. The van der Waals surface area contributed by atoms with E-state index >= 15 is 0 Å². The van der Waals surface area contributed by atoms with E-state index in [1.165, 1.54) is 38.6 Å². The number of nitrogens with zero attached hydrogens (tertiary/aromatic N) is 2. The van der Waals surface area contributed by atoms with Gasteiger partial charge in [0.2, 0.25) is 5.88 Å². The van der Waals surface area contributed by atoms with E-state index in [-0.39, 0.29) is 33.7 Å². The van der Waals surface area contributed by atoms with Crippen molar-refractivity contribution < 1.29 is 32.1 Å². The number of ether oxygens (including phenoxy) is 1. The number of hydrogen-bond acceptors (Lipinski definition) is 9. The van der Waals surface area contributed by atoms with Gasteiger partial charge in [0.15, 0.2) is 5.71 Å². The van der Waals surface area contributed by atoms with E-state index in [2.05, 4.69) is 15.5 Å². The second-order valence-electron chi connectivity index (χ2n) is 9.41. The molecule has 224 valence electrons. The minimum absolute atomic E-state index is 0.0250. The van der Waals surface area contributed by atoms with E-state index in [1.807, 2.05) is 6.92 Å². The van der Waals surface area contributed by atoms with E-state index in [0.717, 1.165) is 5.56 Å². The van der Waals surface area contributed by atoms with Crippen molar-refractivity contribution in [3.63, 3.8) is 0 Å². The lowest BCUT2D eigenvalue weighted by atomic mass is 9.88. The van der Waals surface area contributed by atoms with Crippen LogP contribution < -0.4 is 10.1 Å². The van der Waals surface area contributed by atoms with Crippen molar-refractivity contribution in [3.05, 3.63) is 124 Å². The highest BCUT2D eigenvalue weighted by atomic mass is 35.5. The number of oxime groups is 1. The minimum atomic E-state index is -4.19. The molecule has 1 aromatic heterocycles. The molecule has 43 heavy (non-hydrogen) atoms. The molecular weight excluding hydrogens is 594 g/mol. The Morgan fingerprint density at radius 2 is 1.70 bits per heavy atom. The summed E-state index contributed by atoms with van der Waals surface area (Å²) in [5.41, 5.74) is 0.674. The van der Waals surface area contributed by atoms with Gasteiger partial charge in [0, 0.05) is 24.4 Å². The van der Waals surface area contributed by atoms with Gasteiger partial charge in [-0.05, 0) is 36.2 Å². The number of nitrogens with one attached hydrogen (secondary N) is 1. The molecule has 0 spiro atoms. The fourth-order valence-electron chi connectivity index (χ4n) is 4.19. The van der Waals surface area contributed by atoms with E-state index in [0.29, 0.717) is 16.7 Å². The lowest BCUT2D eigenvalue weighted by Crippen LogP contribution is -2.34. The van der Waals surface area contributed by atoms with Crippen LogP contribution in [0.1, 0.15) is 27.8 Å². The Morgan fingerprint density at radius 1 is 1.02 bits per heavy atom. The molecule has 0 saturated carbocycles. The fraction of sp³-hybridized carbons (Fsp3) is 0.194. The normalized spacial score (nSPS) is 13.2. The number of halogens is 1. The molecule has 3 aromatic carbocycles. The van der Waals surface area contributed by atoms with E-state index in [1.54, 1.807) is 66.7 Å². The number of carbonyl (C=O) groups excluding carboxylic acids is 1. The van der Waals surface area contributed by atoms with Gasteiger partial charge >= 0.3 is 0 Å². The maximum absolute atomic E-state index is 12.9. The summed E-state index contributed by atoms with van der Waals surface area (Å²) in [5, 5.41) is 18.3. The molecule has 12 heteroatoms. The van der Waals surface area contributed by atoms with E-state index in [9.17, 15) is 18.3 Å². The molecule has 2 N–H and O–H groups in total. The van der Waals surface area contributed by atoms with E-state index < -0.39 is 28.2 Å². The minimum Gasteiger partial charge on any atom is -0.472 e. The lowest BCUT2D eigenvalue weighted by molar-refractivity contribution is -0.114. The number of aliphatic hydroxyl groups is 1. The van der Waals surface area contributed by atoms with Crippen molar-refractivity contribution in [3.8, 4) is 5.88 Å². The van der Waals surface area contributed by atoms with Crippen LogP contribution in [0.2, 0.25) is 5.02 Å². The molecule has 0 aliphatic rings. The van der Waals surface area contributed by atoms with Crippen molar-refractivity contribution in [1.82, 2.24) is 10.3 Å². The average molecular weight is 624 g/mol. The standard InChI is InChI=1S/C31H30ClN3O7S/c1-21-13-15-25(16-14-21)43(38,39)42-20-31(37,23-10-5-4-6-11-23)24-17-27(32)30(34-18-24)41-19-22-9-7-8-12-26(22)28(35-40-3)29(36)33-2/h4-18,37H,19-20H2,1-3H3,(H,33,36). The third kappa shape index (κ3) is 7.38. The summed E-state index contributed by atoms with van der Waals surface area (Å²) in [7, 11) is -1.37. The first kappa shape index (κ1) is 31.6. The topological polar surface area (TPSA) is 136 Å². The van der Waals surface area contributed by atoms with Gasteiger partial charge in [-0.15, -0.1) is 0 Å². The molecule has 0 radical (unpaired) electrons. The molecule has 4 aromatic rings. The van der Waals surface area contributed by atoms with Crippen LogP contribution in [-0.2, 0) is 36.1 Å². The Morgan fingerprint density at radius 3 is 2.35 bits per heavy atom. The zero-order valence-corrected chi connectivity index (χ0v) is 25.2. The van der Waals surface area contributed by atoms with Gasteiger partial charge < -0.3 is 20.0 Å². The van der Waals surface area contributed by atoms with Crippen molar-refractivity contribution in [2.45, 2.75) is 24.0 Å². The van der Waals surface area contributed by atoms with Crippen LogP contribution in [0.3, 0.4) is 0 Å². The molecule has 1 heterocycles. The van der Waals surface area contributed by atoms with Crippen LogP contribution in [0.25, 0.3) is 0 Å². The van der Waals surface area contributed by atoms with Crippen LogP contribution in [0.15, 0.2) is 101 Å². The second kappa shape index (κ2) is 13.8. The fourth-order valence-corrected chi connectivity index (χ4v) is 5.34. The van der Waals surface area contributed by atoms with Gasteiger partial charge in [-0.3, -0.25) is 8.98 Å². The lowest BCUT2D eigenvalue weighted by Gasteiger charge is -2.29. The van der Waals surface area contributed by atoms with Crippen molar-refractivity contribution in [2.75, 3.05) is 20.8 Å². The quantitative estimate of drug-likeness (QED) is 0.135. The van der Waals surface area contributed by atoms with E-state index in [4.69, 9.17) is 25.4 Å². The van der Waals surface area contributed by atoms with Crippen LogP contribution in [0.5, 0.6) is 5.88 Å². The maximum Gasteiger partial charge on any atom is 0.297 e. The van der Waals surface area contributed by atoms with Crippen LogP contribution in [-0.4, -0.2) is 50.9 Å². The number of benzene rings is 3. The number of rotatable bonds is 12. The molecule has 4 rings (SSSR count). The molecule has 0 bridgehead atoms. The maximum atomic E-state index is 12.9. The highest BCUT2D eigenvalue weighted by Gasteiger charge is 2.35. The highest BCUT2D eigenvalue weighted by molar-refractivity contribution is 7.86. The van der Waals surface area contributed by atoms with Gasteiger partial charge in [-0.1, -0.05) is 89.1 Å². The molecule has 1 unspecified atom stereocenters. The summed E-state index contributed by atoms with van der Waals surface area (Å²) in [6.45, 7) is 1.18. The summed E-state index contributed by atoms with van der Waals surface area (Å²) in [4.78, 5) is 21.5. The molecule has 1 atom stereocenters. The number of carbonyl (C=O) groups is 1. The Labute approximate surface area is 255 Å². The average Bonchev–Trinajstić information content (AvgIpc) is 3.02. The summed E-state index contributed by atoms with van der Waals surface area (Å²) in [6, 6.07) is 23.1. The number of aromatic nitrogens is 1. The first-order valence-corrected chi connectivity index (χ1v) is 14.8. The van der Waals surface area contributed by atoms with Gasteiger partial charge in [0.25, 0.3) is 16.0 Å². The Kier molecular flexibility index (Phi) is 10.1. The monoisotopic (exact) mass is 623 g/mol. The summed E-state index contributed by atoms with van der Waals surface area (Å²) < 4.78 is 37.1. The zero-order valence-electron chi connectivity index (χ0n) is 23.7. The molecule has 1 amide bonds. The first-order valence-electron chi connectivity index (χ1n) is 13.0. The van der Waals surface area contributed by atoms with Crippen molar-refractivity contribution in [1.29, 1.82) is 0 Å². The number of hydrogen-bond donors (Lipinski definition) is 2. The summed E-state index contributed by atoms with van der Waals surface area (Å²) >= 11 is 6.55. The molecular formula is C31H30ClN3O7S. The number of pyridine rings is 1. The van der Waals surface area contributed by atoms with Gasteiger partial charge in [-0.2, -0.15) is 8.42 Å². The number of amides is 1. The predicted molar refractivity (Wildman–Crippen MR) is 161 cm³/mol. The Bertz CT molecular complexity index is 1720. The molecule has 0 saturated heterocycles.